The third-order valence-electron chi connectivity index (χ3n) is 2.84. The molecule has 96 valence electrons. The van der Waals surface area contributed by atoms with Crippen LogP contribution >= 0.6 is 15.9 Å². The zero-order valence-corrected chi connectivity index (χ0v) is 10.9. The standard InChI is InChI=1S/C11H10BrFN2O3/c12-7-1-2-8(14-5-7)9(16)15-4-3-11(13,6-15)10(17)18/h1-2,5H,3-4,6H2,(H,17,18). The molecular formula is C11H10BrFN2O3. The van der Waals surface area contributed by atoms with E-state index in [1.807, 2.05) is 0 Å². The second-order valence-electron chi connectivity index (χ2n) is 4.11. The molecule has 0 aliphatic carbocycles. The SMILES string of the molecule is O=C(c1ccc(Br)cn1)N1CCC(F)(C(=O)O)C1. The first-order chi connectivity index (χ1) is 8.42. The highest BCUT2D eigenvalue weighted by molar-refractivity contribution is 9.10. The Hall–Kier alpha value is -1.50. The third kappa shape index (κ3) is 2.35. The lowest BCUT2D eigenvalue weighted by atomic mass is 10.1. The van der Waals surface area contributed by atoms with Gasteiger partial charge in [-0.25, -0.2) is 14.2 Å². The molecule has 1 aliphatic heterocycles. The van der Waals surface area contributed by atoms with Crippen LogP contribution in [0, 0.1) is 0 Å². The summed E-state index contributed by atoms with van der Waals surface area (Å²) in [7, 11) is 0. The van der Waals surface area contributed by atoms with Crippen LogP contribution in [0.25, 0.3) is 0 Å². The first-order valence-electron chi connectivity index (χ1n) is 5.25. The molecule has 0 bridgehead atoms. The summed E-state index contributed by atoms with van der Waals surface area (Å²) in [5.74, 6) is -1.98. The average Bonchev–Trinajstić information content (AvgIpc) is 2.73. The largest absolute Gasteiger partial charge is 0.479 e. The molecule has 0 aromatic carbocycles. The smallest absolute Gasteiger partial charge is 0.343 e. The number of carboxylic acids is 1. The molecule has 1 amide bonds. The summed E-state index contributed by atoms with van der Waals surface area (Å²) < 4.78 is 14.5. The quantitative estimate of drug-likeness (QED) is 0.897. The van der Waals surface area contributed by atoms with Crippen LogP contribution in [0.5, 0.6) is 0 Å². The Morgan fingerprint density at radius 2 is 2.22 bits per heavy atom. The van der Waals surface area contributed by atoms with Gasteiger partial charge in [0, 0.05) is 23.6 Å². The van der Waals surface area contributed by atoms with E-state index in [0.29, 0.717) is 0 Å². The molecule has 1 aromatic heterocycles. The Balaban J connectivity index is 2.12. The Labute approximate surface area is 111 Å². The molecule has 0 radical (unpaired) electrons. The number of nitrogens with zero attached hydrogens (tertiary/aromatic N) is 2. The van der Waals surface area contributed by atoms with Crippen molar-refractivity contribution in [2.45, 2.75) is 12.1 Å². The molecule has 2 rings (SSSR count). The summed E-state index contributed by atoms with van der Waals surface area (Å²) in [6.07, 6.45) is 1.27. The monoisotopic (exact) mass is 316 g/mol. The van der Waals surface area contributed by atoms with Gasteiger partial charge in [0.15, 0.2) is 0 Å². The fourth-order valence-corrected chi connectivity index (χ4v) is 2.02. The predicted molar refractivity (Wildman–Crippen MR) is 63.9 cm³/mol. The summed E-state index contributed by atoms with van der Waals surface area (Å²) in [6, 6.07) is 3.15. The maximum Gasteiger partial charge on any atom is 0.343 e. The number of likely N-dealkylation sites (tertiary alicyclic amines) is 1. The molecule has 1 aromatic rings. The van der Waals surface area contributed by atoms with E-state index in [-0.39, 0.29) is 18.7 Å². The average molecular weight is 317 g/mol. The minimum Gasteiger partial charge on any atom is -0.479 e. The van der Waals surface area contributed by atoms with Gasteiger partial charge in [0.25, 0.3) is 5.91 Å². The first kappa shape index (κ1) is 12.9. The molecule has 1 saturated heterocycles. The highest BCUT2D eigenvalue weighted by Gasteiger charge is 2.47. The minimum atomic E-state index is -2.34. The molecular weight excluding hydrogens is 307 g/mol. The highest BCUT2D eigenvalue weighted by Crippen LogP contribution is 2.26. The van der Waals surface area contributed by atoms with Crippen molar-refractivity contribution in [1.82, 2.24) is 9.88 Å². The van der Waals surface area contributed by atoms with Crippen LogP contribution in [-0.4, -0.2) is 45.6 Å². The zero-order chi connectivity index (χ0) is 13.3. The lowest BCUT2D eigenvalue weighted by molar-refractivity contribution is -0.149. The van der Waals surface area contributed by atoms with E-state index >= 15 is 0 Å². The van der Waals surface area contributed by atoms with Gasteiger partial charge in [0.1, 0.15) is 5.69 Å². The molecule has 1 atom stereocenters. The molecule has 7 heteroatoms. The molecule has 0 spiro atoms. The number of carboxylic acid groups (broad SMARTS) is 1. The van der Waals surface area contributed by atoms with Gasteiger partial charge in [-0.2, -0.15) is 0 Å². The summed E-state index contributed by atoms with van der Waals surface area (Å²) >= 11 is 3.19. The number of alkyl halides is 1. The molecule has 2 heterocycles. The van der Waals surface area contributed by atoms with Gasteiger partial charge in [0.2, 0.25) is 5.67 Å². The van der Waals surface area contributed by atoms with Crippen molar-refractivity contribution >= 4 is 27.8 Å². The second kappa shape index (κ2) is 4.64. The molecule has 1 fully saturated rings. The summed E-state index contributed by atoms with van der Waals surface area (Å²) in [5.41, 5.74) is -2.17. The molecule has 0 saturated carbocycles. The van der Waals surface area contributed by atoms with Crippen molar-refractivity contribution < 1.29 is 19.1 Å². The molecule has 5 nitrogen and oxygen atoms in total. The number of amides is 1. The molecule has 1 N–H and O–H groups in total. The van der Waals surface area contributed by atoms with Gasteiger partial charge >= 0.3 is 5.97 Å². The number of carbonyl (C=O) groups excluding carboxylic acids is 1. The van der Waals surface area contributed by atoms with Crippen LogP contribution in [0.1, 0.15) is 16.9 Å². The zero-order valence-electron chi connectivity index (χ0n) is 9.27. The fourth-order valence-electron chi connectivity index (χ4n) is 1.79. The van der Waals surface area contributed by atoms with Crippen LogP contribution < -0.4 is 0 Å². The summed E-state index contributed by atoms with van der Waals surface area (Å²) in [6.45, 7) is -0.349. The second-order valence-corrected chi connectivity index (χ2v) is 5.02. The van der Waals surface area contributed by atoms with E-state index in [9.17, 15) is 14.0 Å². The van der Waals surface area contributed by atoms with E-state index < -0.39 is 24.1 Å². The van der Waals surface area contributed by atoms with Crippen LogP contribution in [0.15, 0.2) is 22.8 Å². The normalized spacial score (nSPS) is 23.1. The topological polar surface area (TPSA) is 70.5 Å². The van der Waals surface area contributed by atoms with Crippen LogP contribution in [0.4, 0.5) is 4.39 Å². The molecule has 18 heavy (non-hydrogen) atoms. The molecule has 1 aliphatic rings. The van der Waals surface area contributed by atoms with Gasteiger partial charge in [-0.05, 0) is 28.1 Å². The Kier molecular flexibility index (Phi) is 3.34. The van der Waals surface area contributed by atoms with Crippen molar-refractivity contribution in [2.24, 2.45) is 0 Å². The number of rotatable bonds is 2. The van der Waals surface area contributed by atoms with Crippen molar-refractivity contribution in [1.29, 1.82) is 0 Å². The number of aliphatic carboxylic acids is 1. The number of pyridine rings is 1. The van der Waals surface area contributed by atoms with Gasteiger partial charge in [-0.3, -0.25) is 4.79 Å². The van der Waals surface area contributed by atoms with Crippen LogP contribution in [0.2, 0.25) is 0 Å². The third-order valence-corrected chi connectivity index (χ3v) is 3.31. The fraction of sp³-hybridized carbons (Fsp3) is 0.364. The number of aromatic nitrogens is 1. The van der Waals surface area contributed by atoms with Gasteiger partial charge in [-0.15, -0.1) is 0 Å². The van der Waals surface area contributed by atoms with Crippen molar-refractivity contribution in [3.8, 4) is 0 Å². The van der Waals surface area contributed by atoms with Crippen LogP contribution in [0.3, 0.4) is 0 Å². The van der Waals surface area contributed by atoms with E-state index in [4.69, 9.17) is 5.11 Å². The summed E-state index contributed by atoms with van der Waals surface area (Å²) in [5, 5.41) is 8.74. The van der Waals surface area contributed by atoms with Crippen molar-refractivity contribution in [2.75, 3.05) is 13.1 Å². The van der Waals surface area contributed by atoms with Gasteiger partial charge < -0.3 is 10.0 Å². The molecule has 1 unspecified atom stereocenters. The summed E-state index contributed by atoms with van der Waals surface area (Å²) in [4.78, 5) is 27.8. The number of halogens is 2. The number of hydrogen-bond acceptors (Lipinski definition) is 3. The van der Waals surface area contributed by atoms with E-state index in [2.05, 4.69) is 20.9 Å². The van der Waals surface area contributed by atoms with Crippen molar-refractivity contribution in [3.05, 3.63) is 28.5 Å². The lowest BCUT2D eigenvalue weighted by Gasteiger charge is -2.17. The number of hydrogen-bond donors (Lipinski definition) is 1. The van der Waals surface area contributed by atoms with Gasteiger partial charge in [0.05, 0.1) is 6.54 Å². The maximum atomic E-state index is 13.8. The predicted octanol–water partition coefficient (Wildman–Crippen LogP) is 1.48. The first-order valence-corrected chi connectivity index (χ1v) is 6.05. The van der Waals surface area contributed by atoms with Crippen LogP contribution in [-0.2, 0) is 4.79 Å². The Morgan fingerprint density at radius 3 is 2.72 bits per heavy atom. The van der Waals surface area contributed by atoms with E-state index in [1.54, 1.807) is 6.07 Å². The van der Waals surface area contributed by atoms with E-state index in [1.165, 1.54) is 17.2 Å². The van der Waals surface area contributed by atoms with Crippen molar-refractivity contribution in [3.63, 3.8) is 0 Å². The minimum absolute atomic E-state index is 0.0827. The van der Waals surface area contributed by atoms with Gasteiger partial charge in [-0.1, -0.05) is 0 Å². The highest BCUT2D eigenvalue weighted by atomic mass is 79.9. The van der Waals surface area contributed by atoms with E-state index in [0.717, 1.165) is 4.47 Å². The Bertz CT molecular complexity index is 494. The lowest BCUT2D eigenvalue weighted by Crippen LogP contribution is -2.39. The maximum absolute atomic E-state index is 13.8. The Morgan fingerprint density at radius 1 is 1.50 bits per heavy atom. The number of carbonyl (C=O) groups is 2.